The van der Waals surface area contributed by atoms with Gasteiger partial charge in [0.2, 0.25) is 5.91 Å². The molecule has 3 nitrogen and oxygen atoms in total. The molecule has 108 valence electrons. The number of nitrogens with one attached hydrogen (secondary N) is 1. The lowest BCUT2D eigenvalue weighted by Gasteiger charge is -2.30. The lowest BCUT2D eigenvalue weighted by molar-refractivity contribution is -0.128. The number of hydrogen-bond acceptors (Lipinski definition) is 2. The van der Waals surface area contributed by atoms with Crippen molar-refractivity contribution in [1.29, 1.82) is 0 Å². The van der Waals surface area contributed by atoms with Gasteiger partial charge in [0.1, 0.15) is 6.17 Å². The Morgan fingerprint density at radius 2 is 2.05 bits per heavy atom. The second kappa shape index (κ2) is 5.48. The van der Waals surface area contributed by atoms with Crippen molar-refractivity contribution in [2.45, 2.75) is 31.8 Å². The van der Waals surface area contributed by atoms with Gasteiger partial charge < -0.3 is 4.90 Å². The van der Waals surface area contributed by atoms with E-state index in [9.17, 15) is 13.6 Å². The van der Waals surface area contributed by atoms with E-state index in [-0.39, 0.29) is 18.6 Å². The topological polar surface area (TPSA) is 32.3 Å². The summed E-state index contributed by atoms with van der Waals surface area (Å²) in [4.78, 5) is 13.7. The Morgan fingerprint density at radius 3 is 2.70 bits per heavy atom. The van der Waals surface area contributed by atoms with E-state index >= 15 is 0 Å². The Labute approximate surface area is 117 Å². The first-order chi connectivity index (χ1) is 9.65. The third kappa shape index (κ3) is 2.54. The average molecular weight is 280 g/mol. The summed E-state index contributed by atoms with van der Waals surface area (Å²) in [5, 5.41) is 3.07. The van der Waals surface area contributed by atoms with Gasteiger partial charge in [-0.1, -0.05) is 25.3 Å². The normalized spacial score (nSPS) is 23.2. The zero-order valence-electron chi connectivity index (χ0n) is 11.2. The number of amides is 1. The Kier molecular flexibility index (Phi) is 3.70. The van der Waals surface area contributed by atoms with Crippen molar-refractivity contribution in [3.8, 4) is 0 Å². The number of hydrogen-bond donors (Lipinski definition) is 1. The molecule has 3 rings (SSSR count). The Hall–Kier alpha value is -1.49. The summed E-state index contributed by atoms with van der Waals surface area (Å²) in [6.07, 6.45) is 4.42. The number of halogens is 2. The van der Waals surface area contributed by atoms with Gasteiger partial charge in [-0.05, 0) is 30.0 Å². The van der Waals surface area contributed by atoms with Gasteiger partial charge in [-0.3, -0.25) is 10.1 Å². The summed E-state index contributed by atoms with van der Waals surface area (Å²) in [5.74, 6) is -0.991. The molecule has 1 aromatic carbocycles. The van der Waals surface area contributed by atoms with Gasteiger partial charge in [-0.25, -0.2) is 8.78 Å². The van der Waals surface area contributed by atoms with Crippen molar-refractivity contribution in [3.05, 3.63) is 35.4 Å². The predicted octanol–water partition coefficient (Wildman–Crippen LogP) is 2.59. The fourth-order valence-corrected chi connectivity index (χ4v) is 2.88. The van der Waals surface area contributed by atoms with Crippen LogP contribution in [-0.2, 0) is 4.79 Å². The zero-order valence-corrected chi connectivity index (χ0v) is 11.2. The maximum absolute atomic E-state index is 13.3. The predicted molar refractivity (Wildman–Crippen MR) is 70.8 cm³/mol. The zero-order chi connectivity index (χ0) is 14.1. The van der Waals surface area contributed by atoms with E-state index in [4.69, 9.17) is 0 Å². The molecule has 0 spiro atoms. The molecule has 1 atom stereocenters. The molecular weight excluding hydrogens is 262 g/mol. The van der Waals surface area contributed by atoms with Gasteiger partial charge in [0.05, 0.1) is 6.54 Å². The maximum Gasteiger partial charge on any atom is 0.238 e. The average Bonchev–Trinajstić information content (AvgIpc) is 2.73. The quantitative estimate of drug-likeness (QED) is 0.919. The van der Waals surface area contributed by atoms with Crippen molar-refractivity contribution in [2.75, 3.05) is 13.1 Å². The molecule has 0 aromatic heterocycles. The lowest BCUT2D eigenvalue weighted by Crippen LogP contribution is -2.33. The van der Waals surface area contributed by atoms with Crippen LogP contribution in [0.4, 0.5) is 8.78 Å². The Morgan fingerprint density at radius 1 is 1.25 bits per heavy atom. The number of carbonyl (C=O) groups excluding carboxylic acids is 1. The van der Waals surface area contributed by atoms with Crippen molar-refractivity contribution in [2.24, 2.45) is 5.92 Å². The van der Waals surface area contributed by atoms with Crippen LogP contribution in [0.25, 0.3) is 0 Å². The Balaban J connectivity index is 1.72. The molecule has 1 aliphatic carbocycles. The van der Waals surface area contributed by atoms with Crippen LogP contribution in [0.15, 0.2) is 18.2 Å². The first-order valence-electron chi connectivity index (χ1n) is 7.13. The SMILES string of the molecule is O=C1CNC(c2ccc(F)c(F)c2)N1CCC1CCC1. The molecule has 0 bridgehead atoms. The molecule has 1 saturated heterocycles. The molecule has 1 aromatic rings. The van der Waals surface area contributed by atoms with Crippen molar-refractivity contribution < 1.29 is 13.6 Å². The first kappa shape index (κ1) is 13.5. The van der Waals surface area contributed by atoms with Crippen LogP contribution in [0.1, 0.15) is 37.4 Å². The van der Waals surface area contributed by atoms with Gasteiger partial charge in [0.25, 0.3) is 0 Å². The van der Waals surface area contributed by atoms with E-state index < -0.39 is 11.6 Å². The van der Waals surface area contributed by atoms with Gasteiger partial charge in [0, 0.05) is 6.54 Å². The molecule has 1 unspecified atom stereocenters. The molecule has 1 amide bonds. The second-order valence-corrected chi connectivity index (χ2v) is 5.63. The van der Waals surface area contributed by atoms with E-state index in [2.05, 4.69) is 5.32 Å². The molecule has 1 saturated carbocycles. The fourth-order valence-electron chi connectivity index (χ4n) is 2.88. The summed E-state index contributed by atoms with van der Waals surface area (Å²) >= 11 is 0. The summed E-state index contributed by atoms with van der Waals surface area (Å²) < 4.78 is 26.3. The molecule has 2 fully saturated rings. The minimum absolute atomic E-state index is 0.0269. The summed E-state index contributed by atoms with van der Waals surface area (Å²) in [6, 6.07) is 3.81. The third-order valence-corrected chi connectivity index (χ3v) is 4.34. The highest BCUT2D eigenvalue weighted by Crippen LogP contribution is 2.31. The van der Waals surface area contributed by atoms with E-state index in [1.54, 1.807) is 4.90 Å². The van der Waals surface area contributed by atoms with Gasteiger partial charge in [-0.2, -0.15) is 0 Å². The molecule has 2 aliphatic rings. The van der Waals surface area contributed by atoms with Crippen LogP contribution in [-0.4, -0.2) is 23.9 Å². The first-order valence-corrected chi connectivity index (χ1v) is 7.13. The van der Waals surface area contributed by atoms with E-state index in [0.717, 1.165) is 12.5 Å². The minimum Gasteiger partial charge on any atom is -0.322 e. The highest BCUT2D eigenvalue weighted by molar-refractivity contribution is 5.80. The molecular formula is C15H18F2N2O. The summed E-state index contributed by atoms with van der Waals surface area (Å²) in [7, 11) is 0. The maximum atomic E-state index is 13.3. The smallest absolute Gasteiger partial charge is 0.238 e. The highest BCUT2D eigenvalue weighted by Gasteiger charge is 2.32. The molecule has 0 radical (unpaired) electrons. The van der Waals surface area contributed by atoms with Crippen LogP contribution in [0, 0.1) is 17.6 Å². The number of nitrogens with zero attached hydrogens (tertiary/aromatic N) is 1. The number of carbonyl (C=O) groups is 1. The van der Waals surface area contributed by atoms with Gasteiger partial charge >= 0.3 is 0 Å². The van der Waals surface area contributed by atoms with Crippen LogP contribution >= 0.6 is 0 Å². The summed E-state index contributed by atoms with van der Waals surface area (Å²) in [6.45, 7) is 0.939. The second-order valence-electron chi connectivity index (χ2n) is 5.63. The standard InChI is InChI=1S/C15H18F2N2O/c16-12-5-4-11(8-13(12)17)15-18-9-14(20)19(15)7-6-10-2-1-3-10/h4-5,8,10,15,18H,1-3,6-7,9H2. The molecule has 20 heavy (non-hydrogen) atoms. The van der Waals surface area contributed by atoms with Crippen LogP contribution in [0.2, 0.25) is 0 Å². The van der Waals surface area contributed by atoms with Crippen LogP contribution < -0.4 is 5.32 Å². The van der Waals surface area contributed by atoms with Gasteiger partial charge in [0.15, 0.2) is 11.6 Å². The van der Waals surface area contributed by atoms with E-state index in [1.807, 2.05) is 0 Å². The summed E-state index contributed by atoms with van der Waals surface area (Å²) in [5.41, 5.74) is 0.600. The van der Waals surface area contributed by atoms with Gasteiger partial charge in [-0.15, -0.1) is 0 Å². The van der Waals surface area contributed by atoms with Crippen molar-refractivity contribution in [3.63, 3.8) is 0 Å². The largest absolute Gasteiger partial charge is 0.322 e. The van der Waals surface area contributed by atoms with E-state index in [0.29, 0.717) is 18.0 Å². The monoisotopic (exact) mass is 280 g/mol. The molecule has 1 N–H and O–H groups in total. The minimum atomic E-state index is -0.873. The Bertz CT molecular complexity index is 517. The van der Waals surface area contributed by atoms with Crippen LogP contribution in [0.5, 0.6) is 0 Å². The molecule has 1 aliphatic heterocycles. The lowest BCUT2D eigenvalue weighted by atomic mass is 9.83. The number of rotatable bonds is 4. The molecule has 5 heteroatoms. The highest BCUT2D eigenvalue weighted by atomic mass is 19.2. The number of benzene rings is 1. The van der Waals surface area contributed by atoms with E-state index in [1.165, 1.54) is 31.4 Å². The van der Waals surface area contributed by atoms with Crippen LogP contribution in [0.3, 0.4) is 0 Å². The van der Waals surface area contributed by atoms with Crippen molar-refractivity contribution >= 4 is 5.91 Å². The molecule has 1 heterocycles. The third-order valence-electron chi connectivity index (χ3n) is 4.34. The fraction of sp³-hybridized carbons (Fsp3) is 0.533. The van der Waals surface area contributed by atoms with Crippen molar-refractivity contribution in [1.82, 2.24) is 10.2 Å².